The topological polar surface area (TPSA) is 144 Å². The van der Waals surface area contributed by atoms with Gasteiger partial charge in [-0.05, 0) is 37.0 Å². The van der Waals surface area contributed by atoms with Crippen LogP contribution in [0, 0.1) is 5.92 Å². The van der Waals surface area contributed by atoms with Gasteiger partial charge in [0.05, 0.1) is 22.3 Å². The van der Waals surface area contributed by atoms with Crippen LogP contribution >= 0.6 is 0 Å². The van der Waals surface area contributed by atoms with Crippen LogP contribution in [0.4, 0.5) is 17.4 Å². The maximum Gasteiger partial charge on any atom is 0.292 e. The van der Waals surface area contributed by atoms with Crippen molar-refractivity contribution >= 4 is 45.3 Å². The van der Waals surface area contributed by atoms with E-state index in [4.69, 9.17) is 20.6 Å². The highest BCUT2D eigenvalue weighted by Gasteiger charge is 2.35. The molecule has 7 N–H and O–H groups in total. The molecule has 1 amide bonds. The van der Waals surface area contributed by atoms with Gasteiger partial charge in [-0.1, -0.05) is 6.07 Å². The van der Waals surface area contributed by atoms with Crippen LogP contribution in [0.3, 0.4) is 0 Å². The Morgan fingerprint density at radius 3 is 2.94 bits per heavy atom. The number of carbonyl (C=O) groups is 1. The molecule has 9 nitrogen and oxygen atoms in total. The summed E-state index contributed by atoms with van der Waals surface area (Å²) in [7, 11) is 0. The zero-order chi connectivity index (χ0) is 21.1. The highest BCUT2D eigenvalue weighted by molar-refractivity contribution is 6.07. The smallest absolute Gasteiger partial charge is 0.292 e. The number of H-pyrrole nitrogens is 1. The number of anilines is 3. The third-order valence-corrected chi connectivity index (χ3v) is 5.94. The van der Waals surface area contributed by atoms with Crippen LogP contribution in [0.1, 0.15) is 12.8 Å². The molecular formula is C22H22N6O3. The van der Waals surface area contributed by atoms with Gasteiger partial charge in [-0.15, -0.1) is 0 Å². The first kappa shape index (κ1) is 17.9. The average Bonchev–Trinajstić information content (AvgIpc) is 3.45. The van der Waals surface area contributed by atoms with E-state index in [2.05, 4.69) is 20.6 Å². The number of hydrogen-bond donors (Lipinski definition) is 5. The summed E-state index contributed by atoms with van der Waals surface area (Å²) in [4.78, 5) is 19.6. The van der Waals surface area contributed by atoms with E-state index >= 15 is 0 Å². The number of aromatic nitrogens is 2. The van der Waals surface area contributed by atoms with Gasteiger partial charge in [-0.3, -0.25) is 4.79 Å². The number of nitrogen functional groups attached to an aromatic ring is 1. The zero-order valence-corrected chi connectivity index (χ0v) is 16.7. The largest absolute Gasteiger partial charge is 0.491 e. The molecule has 2 aliphatic rings. The maximum atomic E-state index is 11.9. The molecule has 2 aromatic carbocycles. The van der Waals surface area contributed by atoms with Crippen molar-refractivity contribution in [1.29, 1.82) is 0 Å². The summed E-state index contributed by atoms with van der Waals surface area (Å²) in [5, 5.41) is 7.76. The Labute approximate surface area is 177 Å². The van der Waals surface area contributed by atoms with Crippen molar-refractivity contribution in [2.75, 3.05) is 29.5 Å². The molecule has 0 spiro atoms. The van der Waals surface area contributed by atoms with Crippen molar-refractivity contribution in [1.82, 2.24) is 9.97 Å². The molecule has 0 bridgehead atoms. The lowest BCUT2D eigenvalue weighted by Gasteiger charge is -2.17. The van der Waals surface area contributed by atoms with Gasteiger partial charge >= 0.3 is 0 Å². The van der Waals surface area contributed by atoms with Gasteiger partial charge < -0.3 is 36.2 Å². The molecule has 0 saturated heterocycles. The van der Waals surface area contributed by atoms with E-state index in [-0.39, 0.29) is 18.0 Å². The van der Waals surface area contributed by atoms with Crippen LogP contribution in [0.25, 0.3) is 33.3 Å². The van der Waals surface area contributed by atoms with Crippen molar-refractivity contribution in [2.45, 2.75) is 18.9 Å². The minimum atomic E-state index is -0.373. The average molecular weight is 418 g/mol. The summed E-state index contributed by atoms with van der Waals surface area (Å²) in [6, 6.07) is 9.49. The lowest BCUT2D eigenvalue weighted by atomic mass is 10.1. The van der Waals surface area contributed by atoms with Crippen LogP contribution in [-0.4, -0.2) is 35.1 Å². The molecule has 31 heavy (non-hydrogen) atoms. The Morgan fingerprint density at radius 1 is 1.26 bits per heavy atom. The molecule has 1 saturated carbocycles. The second kappa shape index (κ2) is 6.56. The van der Waals surface area contributed by atoms with E-state index in [9.17, 15) is 4.79 Å². The molecule has 3 heterocycles. The lowest BCUT2D eigenvalue weighted by molar-refractivity contribution is -0.119. The molecular weight excluding hydrogens is 396 g/mol. The normalized spacial score (nSPS) is 16.5. The van der Waals surface area contributed by atoms with Gasteiger partial charge in [0, 0.05) is 23.9 Å². The van der Waals surface area contributed by atoms with E-state index in [0.717, 1.165) is 52.1 Å². The SMILES string of the molecule is NC(=O)[C@@H](Nc1cc2c3c(c(-c4ccc5nc(N)oc5c4)[nH]c3c1)NCCO2)C1CC1. The van der Waals surface area contributed by atoms with Crippen molar-refractivity contribution < 1.29 is 13.9 Å². The molecule has 2 aromatic heterocycles. The van der Waals surface area contributed by atoms with E-state index < -0.39 is 0 Å². The van der Waals surface area contributed by atoms with Crippen molar-refractivity contribution in [2.24, 2.45) is 11.7 Å². The number of nitrogens with one attached hydrogen (secondary N) is 3. The monoisotopic (exact) mass is 418 g/mol. The molecule has 1 aliphatic heterocycles. The number of fused-ring (bicyclic) bond motifs is 1. The maximum absolute atomic E-state index is 11.9. The van der Waals surface area contributed by atoms with Crippen LogP contribution in [0.5, 0.6) is 5.75 Å². The third kappa shape index (κ3) is 3.00. The predicted molar refractivity (Wildman–Crippen MR) is 119 cm³/mol. The first-order valence-electron chi connectivity index (χ1n) is 10.4. The summed E-state index contributed by atoms with van der Waals surface area (Å²) in [6.07, 6.45) is 2.03. The van der Waals surface area contributed by atoms with Gasteiger partial charge in [-0.2, -0.15) is 4.98 Å². The van der Waals surface area contributed by atoms with Gasteiger partial charge in [0.15, 0.2) is 5.58 Å². The molecule has 158 valence electrons. The Bertz CT molecular complexity index is 1340. The van der Waals surface area contributed by atoms with Crippen LogP contribution in [0.2, 0.25) is 0 Å². The fourth-order valence-electron chi connectivity index (χ4n) is 4.35. The number of benzene rings is 2. The number of nitrogens with zero attached hydrogens (tertiary/aromatic N) is 1. The summed E-state index contributed by atoms with van der Waals surface area (Å²) < 4.78 is 11.5. The molecule has 1 atom stereocenters. The summed E-state index contributed by atoms with van der Waals surface area (Å²) >= 11 is 0. The van der Waals surface area contributed by atoms with E-state index in [0.29, 0.717) is 30.2 Å². The van der Waals surface area contributed by atoms with Gasteiger partial charge in [0.1, 0.15) is 23.9 Å². The molecule has 1 fully saturated rings. The number of aromatic amines is 1. The highest BCUT2D eigenvalue weighted by Crippen LogP contribution is 2.44. The number of carbonyl (C=O) groups excluding carboxylic acids is 1. The quantitative estimate of drug-likeness (QED) is 0.335. The molecule has 9 heteroatoms. The highest BCUT2D eigenvalue weighted by atomic mass is 16.5. The molecule has 0 radical (unpaired) electrons. The number of rotatable bonds is 5. The number of primary amides is 1. The first-order valence-corrected chi connectivity index (χ1v) is 10.4. The predicted octanol–water partition coefficient (Wildman–Crippen LogP) is 3.04. The van der Waals surface area contributed by atoms with Crippen molar-refractivity contribution in [3.05, 3.63) is 30.3 Å². The molecule has 1 aliphatic carbocycles. The Kier molecular flexibility index (Phi) is 3.80. The molecule has 6 rings (SSSR count). The minimum absolute atomic E-state index is 0.145. The minimum Gasteiger partial charge on any atom is -0.491 e. The van der Waals surface area contributed by atoms with Crippen LogP contribution < -0.4 is 26.8 Å². The summed E-state index contributed by atoms with van der Waals surface area (Å²) in [6.45, 7) is 1.20. The lowest BCUT2D eigenvalue weighted by Crippen LogP contribution is -2.37. The zero-order valence-electron chi connectivity index (χ0n) is 16.7. The number of nitrogens with two attached hydrogens (primary N) is 2. The van der Waals surface area contributed by atoms with Gasteiger partial charge in [0.25, 0.3) is 6.01 Å². The summed E-state index contributed by atoms with van der Waals surface area (Å²) in [5.74, 6) is 0.723. The third-order valence-electron chi connectivity index (χ3n) is 5.94. The summed E-state index contributed by atoms with van der Waals surface area (Å²) in [5.41, 5.74) is 17.2. The number of amides is 1. The van der Waals surface area contributed by atoms with E-state index in [1.165, 1.54) is 0 Å². The van der Waals surface area contributed by atoms with E-state index in [1.54, 1.807) is 0 Å². The number of hydrogen-bond acceptors (Lipinski definition) is 7. The number of ether oxygens (including phenoxy) is 1. The Hall–Kier alpha value is -3.88. The van der Waals surface area contributed by atoms with E-state index in [1.807, 2.05) is 30.3 Å². The fourth-order valence-corrected chi connectivity index (χ4v) is 4.35. The Morgan fingerprint density at radius 2 is 2.13 bits per heavy atom. The first-order chi connectivity index (χ1) is 15.1. The van der Waals surface area contributed by atoms with Crippen LogP contribution in [0.15, 0.2) is 34.7 Å². The van der Waals surface area contributed by atoms with Gasteiger partial charge in [-0.25, -0.2) is 0 Å². The molecule has 0 unspecified atom stereocenters. The second-order valence-corrected chi connectivity index (χ2v) is 8.14. The van der Waals surface area contributed by atoms with Crippen molar-refractivity contribution in [3.63, 3.8) is 0 Å². The molecule has 4 aromatic rings. The number of oxazole rings is 1. The Balaban J connectivity index is 1.48. The second-order valence-electron chi connectivity index (χ2n) is 8.14. The van der Waals surface area contributed by atoms with Crippen molar-refractivity contribution in [3.8, 4) is 17.0 Å². The standard InChI is InChI=1S/C22H22N6O3/c23-21(29)19(10-1-2-10)26-12-8-14-17-16(9-12)30-6-5-25-20(17)18(27-14)11-3-4-13-15(7-11)31-22(24)28-13/h3-4,7-10,19,25-27H,1-2,5-6H2,(H2,23,29)(H2,24,28)/t19-/m0/s1. The van der Waals surface area contributed by atoms with Crippen LogP contribution in [-0.2, 0) is 4.79 Å². The fraction of sp³-hybridized carbons (Fsp3) is 0.273. The van der Waals surface area contributed by atoms with Gasteiger partial charge in [0.2, 0.25) is 5.91 Å².